The Labute approximate surface area is 129 Å². The molecule has 0 saturated heterocycles. The van der Waals surface area contributed by atoms with E-state index < -0.39 is 9.85 Å². The molecule has 0 radical (unpaired) electrons. The summed E-state index contributed by atoms with van der Waals surface area (Å²) in [6, 6.07) is 10.8. The lowest BCUT2D eigenvalue weighted by Crippen LogP contribution is -2.06. The van der Waals surface area contributed by atoms with Crippen LogP contribution in [-0.4, -0.2) is 21.8 Å². The van der Waals surface area contributed by atoms with E-state index in [2.05, 4.69) is 10.5 Å². The van der Waals surface area contributed by atoms with Crippen LogP contribution in [0.2, 0.25) is 0 Å². The van der Waals surface area contributed by atoms with Crippen molar-refractivity contribution in [2.75, 3.05) is 5.43 Å². The van der Waals surface area contributed by atoms with Gasteiger partial charge in [-0.15, -0.1) is 0 Å². The molecule has 2 aromatic carbocycles. The Morgan fingerprint density at radius 1 is 0.913 bits per heavy atom. The molecule has 1 N–H and O–H groups in total. The van der Waals surface area contributed by atoms with Crippen LogP contribution in [0.3, 0.4) is 0 Å². The first-order valence-corrected chi connectivity index (χ1v) is 6.29. The standard InChI is InChI=1S/C14H10N4O5/c19-9-14(10-1-5-12(6-2-10)17(20)21)16-15-11-3-7-13(8-4-11)18(22)23/h1-9,15H/b16-14+. The van der Waals surface area contributed by atoms with Crippen LogP contribution in [-0.2, 0) is 4.79 Å². The van der Waals surface area contributed by atoms with E-state index in [0.29, 0.717) is 17.5 Å². The minimum atomic E-state index is -0.545. The summed E-state index contributed by atoms with van der Waals surface area (Å²) in [5.74, 6) is 0. The molecular weight excluding hydrogens is 304 g/mol. The number of hydrazone groups is 1. The molecule has 0 heterocycles. The van der Waals surface area contributed by atoms with E-state index in [9.17, 15) is 25.0 Å². The Morgan fingerprint density at radius 2 is 1.39 bits per heavy atom. The Kier molecular flexibility index (Phi) is 4.72. The monoisotopic (exact) mass is 314 g/mol. The van der Waals surface area contributed by atoms with Gasteiger partial charge in [0.2, 0.25) is 0 Å². The van der Waals surface area contributed by atoms with Gasteiger partial charge in [0.1, 0.15) is 5.71 Å². The highest BCUT2D eigenvalue weighted by Crippen LogP contribution is 2.16. The number of nitro benzene ring substituents is 2. The van der Waals surface area contributed by atoms with Crippen molar-refractivity contribution in [2.45, 2.75) is 0 Å². The number of carbonyl (C=O) groups excluding carboxylic acids is 1. The summed E-state index contributed by atoms with van der Waals surface area (Å²) >= 11 is 0. The summed E-state index contributed by atoms with van der Waals surface area (Å²) in [6.07, 6.45) is 0.500. The van der Waals surface area contributed by atoms with Crippen LogP contribution >= 0.6 is 0 Å². The first-order chi connectivity index (χ1) is 11.0. The molecule has 116 valence electrons. The fourth-order valence-electron chi connectivity index (χ4n) is 1.70. The highest BCUT2D eigenvalue weighted by Gasteiger charge is 2.08. The summed E-state index contributed by atoms with van der Waals surface area (Å²) in [6.45, 7) is 0. The predicted molar refractivity (Wildman–Crippen MR) is 82.4 cm³/mol. The van der Waals surface area contributed by atoms with Gasteiger partial charge in [0, 0.05) is 29.8 Å². The zero-order chi connectivity index (χ0) is 16.8. The number of anilines is 1. The lowest BCUT2D eigenvalue weighted by molar-refractivity contribution is -0.385. The van der Waals surface area contributed by atoms with Gasteiger partial charge in [0.05, 0.1) is 15.5 Å². The molecule has 9 heteroatoms. The highest BCUT2D eigenvalue weighted by atomic mass is 16.6. The third-order valence-corrected chi connectivity index (χ3v) is 2.87. The molecular formula is C14H10N4O5. The first kappa shape index (κ1) is 15.8. The van der Waals surface area contributed by atoms with Crippen LogP contribution in [0.1, 0.15) is 5.56 Å². The molecule has 23 heavy (non-hydrogen) atoms. The van der Waals surface area contributed by atoms with Crippen molar-refractivity contribution in [3.05, 3.63) is 74.3 Å². The van der Waals surface area contributed by atoms with E-state index in [4.69, 9.17) is 0 Å². The number of carbonyl (C=O) groups is 1. The summed E-state index contributed by atoms with van der Waals surface area (Å²) in [5, 5.41) is 25.0. The molecule has 2 rings (SSSR count). The van der Waals surface area contributed by atoms with Gasteiger partial charge < -0.3 is 0 Å². The van der Waals surface area contributed by atoms with Gasteiger partial charge in [0.15, 0.2) is 6.29 Å². The zero-order valence-electron chi connectivity index (χ0n) is 11.6. The Hall–Kier alpha value is -3.62. The Morgan fingerprint density at radius 3 is 1.83 bits per heavy atom. The number of rotatable bonds is 6. The summed E-state index contributed by atoms with van der Waals surface area (Å²) < 4.78 is 0. The highest BCUT2D eigenvalue weighted by molar-refractivity contribution is 6.36. The molecule has 0 unspecified atom stereocenters. The maximum Gasteiger partial charge on any atom is 0.269 e. The third-order valence-electron chi connectivity index (χ3n) is 2.87. The van der Waals surface area contributed by atoms with Gasteiger partial charge in [0.25, 0.3) is 11.4 Å². The average Bonchev–Trinajstić information content (AvgIpc) is 2.56. The van der Waals surface area contributed by atoms with E-state index in [0.717, 1.165) is 0 Å². The number of aldehydes is 1. The molecule has 0 atom stereocenters. The van der Waals surface area contributed by atoms with Crippen LogP contribution in [0, 0.1) is 20.2 Å². The van der Waals surface area contributed by atoms with Crippen molar-refractivity contribution in [3.63, 3.8) is 0 Å². The molecule has 0 bridgehead atoms. The number of nitro groups is 2. The van der Waals surface area contributed by atoms with Crippen LogP contribution in [0.25, 0.3) is 0 Å². The maximum atomic E-state index is 11.1. The van der Waals surface area contributed by atoms with E-state index >= 15 is 0 Å². The van der Waals surface area contributed by atoms with Gasteiger partial charge in [-0.2, -0.15) is 5.10 Å². The van der Waals surface area contributed by atoms with Gasteiger partial charge >= 0.3 is 0 Å². The number of nitrogens with zero attached hydrogens (tertiary/aromatic N) is 3. The molecule has 0 aliphatic rings. The predicted octanol–water partition coefficient (Wildman–Crippen LogP) is 2.52. The molecule has 0 aromatic heterocycles. The van der Waals surface area contributed by atoms with Crippen molar-refractivity contribution in [2.24, 2.45) is 5.10 Å². The number of nitrogens with one attached hydrogen (secondary N) is 1. The largest absolute Gasteiger partial charge is 0.296 e. The lowest BCUT2D eigenvalue weighted by atomic mass is 10.1. The van der Waals surface area contributed by atoms with E-state index in [1.165, 1.54) is 48.5 Å². The maximum absolute atomic E-state index is 11.1. The zero-order valence-corrected chi connectivity index (χ0v) is 11.6. The molecule has 0 aliphatic heterocycles. The van der Waals surface area contributed by atoms with Crippen molar-refractivity contribution >= 4 is 29.1 Å². The fourth-order valence-corrected chi connectivity index (χ4v) is 1.70. The topological polar surface area (TPSA) is 128 Å². The summed E-state index contributed by atoms with van der Waals surface area (Å²) in [5.41, 5.74) is 3.34. The molecule has 0 spiro atoms. The number of hydrogen-bond acceptors (Lipinski definition) is 7. The second-order valence-electron chi connectivity index (χ2n) is 4.33. The Balaban J connectivity index is 2.16. The van der Waals surface area contributed by atoms with Crippen LogP contribution in [0.5, 0.6) is 0 Å². The SMILES string of the molecule is O=C/C(=N\Nc1ccc([N+](=O)[O-])cc1)c1ccc([N+](=O)[O-])cc1. The van der Waals surface area contributed by atoms with Gasteiger partial charge in [-0.3, -0.25) is 30.4 Å². The van der Waals surface area contributed by atoms with Gasteiger partial charge in [-0.1, -0.05) is 0 Å². The fraction of sp³-hybridized carbons (Fsp3) is 0. The van der Waals surface area contributed by atoms with E-state index in [1.807, 2.05) is 0 Å². The van der Waals surface area contributed by atoms with Crippen LogP contribution < -0.4 is 5.43 Å². The van der Waals surface area contributed by atoms with Crippen LogP contribution in [0.15, 0.2) is 53.6 Å². The number of benzene rings is 2. The van der Waals surface area contributed by atoms with Crippen molar-refractivity contribution in [3.8, 4) is 0 Å². The molecule has 9 nitrogen and oxygen atoms in total. The number of hydrogen-bond donors (Lipinski definition) is 1. The van der Waals surface area contributed by atoms with Crippen molar-refractivity contribution < 1.29 is 14.6 Å². The molecule has 2 aromatic rings. The van der Waals surface area contributed by atoms with Crippen molar-refractivity contribution in [1.82, 2.24) is 0 Å². The minimum Gasteiger partial charge on any atom is -0.296 e. The second-order valence-corrected chi connectivity index (χ2v) is 4.33. The quantitative estimate of drug-likeness (QED) is 0.377. The molecule has 0 aliphatic carbocycles. The molecule has 0 fully saturated rings. The number of non-ortho nitro benzene ring substituents is 2. The summed E-state index contributed by atoms with van der Waals surface area (Å²) in [7, 11) is 0. The van der Waals surface area contributed by atoms with Crippen molar-refractivity contribution in [1.29, 1.82) is 0 Å². The lowest BCUT2D eigenvalue weighted by Gasteiger charge is -2.03. The van der Waals surface area contributed by atoms with E-state index in [1.54, 1.807) is 0 Å². The third kappa shape index (κ3) is 3.94. The smallest absolute Gasteiger partial charge is 0.269 e. The first-order valence-electron chi connectivity index (χ1n) is 6.29. The van der Waals surface area contributed by atoms with Gasteiger partial charge in [-0.05, 0) is 24.3 Å². The van der Waals surface area contributed by atoms with E-state index in [-0.39, 0.29) is 17.1 Å². The average molecular weight is 314 g/mol. The Bertz CT molecular complexity index is 769. The summed E-state index contributed by atoms with van der Waals surface area (Å²) in [4.78, 5) is 31.2. The molecule has 0 amide bonds. The molecule has 0 saturated carbocycles. The van der Waals surface area contributed by atoms with Gasteiger partial charge in [-0.25, -0.2) is 0 Å². The second kappa shape index (κ2) is 6.89. The minimum absolute atomic E-state index is 0.0400. The normalized spacial score (nSPS) is 10.9. The van der Waals surface area contributed by atoms with Crippen LogP contribution in [0.4, 0.5) is 17.1 Å².